The van der Waals surface area contributed by atoms with Gasteiger partial charge in [0.25, 0.3) is 0 Å². The number of nitrogens with one attached hydrogen (secondary N) is 1. The number of pyridine rings is 1. The second kappa shape index (κ2) is 7.75. The van der Waals surface area contributed by atoms with Crippen molar-refractivity contribution in [1.82, 2.24) is 29.0 Å². The van der Waals surface area contributed by atoms with Gasteiger partial charge in [0.05, 0.1) is 24.8 Å². The van der Waals surface area contributed by atoms with Crippen LogP contribution < -0.4 is 10.4 Å². The highest BCUT2D eigenvalue weighted by Gasteiger charge is 2.29. The number of hydrogen-bond donors (Lipinski definition) is 1. The summed E-state index contributed by atoms with van der Waals surface area (Å²) in [6, 6.07) is 8.81. The number of imidazole rings is 1. The Kier molecular flexibility index (Phi) is 4.73. The van der Waals surface area contributed by atoms with Crippen LogP contribution in [0.4, 0.5) is 0 Å². The van der Waals surface area contributed by atoms with Gasteiger partial charge in [-0.1, -0.05) is 6.07 Å². The van der Waals surface area contributed by atoms with Crippen molar-refractivity contribution in [1.29, 1.82) is 0 Å². The topological polar surface area (TPSA) is 89.7 Å². The van der Waals surface area contributed by atoms with Crippen LogP contribution >= 0.6 is 0 Å². The molecule has 2 fully saturated rings. The summed E-state index contributed by atoms with van der Waals surface area (Å²) in [6.45, 7) is 3.72. The molecule has 166 valence electrons. The van der Waals surface area contributed by atoms with Gasteiger partial charge in [-0.05, 0) is 43.0 Å². The predicted octanol–water partition coefficient (Wildman–Crippen LogP) is 2.47. The largest absolute Gasteiger partial charge is 0.493 e. The summed E-state index contributed by atoms with van der Waals surface area (Å²) < 4.78 is 14.7. The third-order valence-electron chi connectivity index (χ3n) is 6.90. The first-order chi connectivity index (χ1) is 15.7. The van der Waals surface area contributed by atoms with E-state index in [-0.39, 0.29) is 11.7 Å². The predicted molar refractivity (Wildman–Crippen MR) is 120 cm³/mol. The molecule has 9 nitrogen and oxygen atoms in total. The van der Waals surface area contributed by atoms with Crippen LogP contribution in [0.1, 0.15) is 25.3 Å². The number of nitrogens with zero attached hydrogens (tertiary/aromatic N) is 5. The van der Waals surface area contributed by atoms with E-state index in [1.165, 1.54) is 6.33 Å². The molecule has 0 radical (unpaired) electrons. The Bertz CT molecular complexity index is 1320. The monoisotopic (exact) mass is 434 g/mol. The van der Waals surface area contributed by atoms with Crippen LogP contribution in [0.5, 0.6) is 5.75 Å². The molecule has 1 unspecified atom stereocenters. The first-order valence-corrected chi connectivity index (χ1v) is 11.1. The van der Waals surface area contributed by atoms with E-state index in [1.807, 2.05) is 29.0 Å². The normalized spacial score (nSPS) is 20.5. The van der Waals surface area contributed by atoms with E-state index in [1.54, 1.807) is 11.6 Å². The Labute approximate surface area is 184 Å². The molecule has 3 aromatic heterocycles. The molecule has 0 saturated carbocycles. The number of aromatic amines is 1. The number of ether oxygens (including phenoxy) is 2. The molecule has 32 heavy (non-hydrogen) atoms. The molecule has 1 N–H and O–H groups in total. The maximum Gasteiger partial charge on any atom is 0.326 e. The molecule has 0 aliphatic carbocycles. The summed E-state index contributed by atoms with van der Waals surface area (Å²) in [7, 11) is 1.62. The lowest BCUT2D eigenvalue weighted by atomic mass is 10.0. The maximum atomic E-state index is 12.9. The molecule has 0 bridgehead atoms. The number of aromatic nitrogens is 5. The fourth-order valence-electron chi connectivity index (χ4n) is 5.20. The van der Waals surface area contributed by atoms with Gasteiger partial charge in [-0.25, -0.2) is 14.3 Å². The maximum absolute atomic E-state index is 12.9. The summed E-state index contributed by atoms with van der Waals surface area (Å²) in [5, 5.41) is 4.24. The van der Waals surface area contributed by atoms with E-state index in [9.17, 15) is 4.79 Å². The molecule has 6 rings (SSSR count). The zero-order chi connectivity index (χ0) is 21.7. The third kappa shape index (κ3) is 3.20. The van der Waals surface area contributed by atoms with Gasteiger partial charge in [0.2, 0.25) is 0 Å². The first kappa shape index (κ1) is 19.5. The van der Waals surface area contributed by atoms with Crippen LogP contribution in [0.2, 0.25) is 0 Å². The summed E-state index contributed by atoms with van der Waals surface area (Å²) in [6.07, 6.45) is 6.50. The number of H-pyrrole nitrogens is 1. The SMILES string of the molecule is COc1cc(-c2ccc3c(c2)[nH]c(=O)n3C2CCN(C3CCOC3)CC2)cn2ncnc12. The highest BCUT2D eigenvalue weighted by Crippen LogP contribution is 2.31. The molecule has 2 aliphatic heterocycles. The van der Waals surface area contributed by atoms with E-state index in [4.69, 9.17) is 9.47 Å². The Morgan fingerprint density at radius 2 is 2.00 bits per heavy atom. The number of methoxy groups -OCH3 is 1. The van der Waals surface area contributed by atoms with Gasteiger partial charge in [-0.15, -0.1) is 0 Å². The van der Waals surface area contributed by atoms with Crippen molar-refractivity contribution in [3.8, 4) is 16.9 Å². The van der Waals surface area contributed by atoms with E-state index in [2.05, 4.69) is 26.0 Å². The second-order valence-electron chi connectivity index (χ2n) is 8.64. The number of rotatable bonds is 4. The molecule has 1 atom stereocenters. The lowest BCUT2D eigenvalue weighted by Crippen LogP contribution is -2.43. The van der Waals surface area contributed by atoms with Crippen LogP contribution in [0.15, 0.2) is 41.6 Å². The Morgan fingerprint density at radius 1 is 1.12 bits per heavy atom. The number of likely N-dealkylation sites (tertiary alicyclic amines) is 1. The van der Waals surface area contributed by atoms with Gasteiger partial charge < -0.3 is 14.5 Å². The highest BCUT2D eigenvalue weighted by atomic mass is 16.5. The summed E-state index contributed by atoms with van der Waals surface area (Å²) in [4.78, 5) is 22.7. The summed E-state index contributed by atoms with van der Waals surface area (Å²) in [5.41, 5.74) is 4.36. The summed E-state index contributed by atoms with van der Waals surface area (Å²) >= 11 is 0. The van der Waals surface area contributed by atoms with Crippen molar-refractivity contribution in [3.05, 3.63) is 47.3 Å². The molecule has 2 saturated heterocycles. The Morgan fingerprint density at radius 3 is 2.78 bits per heavy atom. The number of hydrogen-bond acceptors (Lipinski definition) is 6. The van der Waals surface area contributed by atoms with Gasteiger partial charge in [-0.2, -0.15) is 5.10 Å². The minimum Gasteiger partial charge on any atom is -0.493 e. The van der Waals surface area contributed by atoms with Gasteiger partial charge in [0, 0.05) is 43.5 Å². The molecule has 0 amide bonds. The first-order valence-electron chi connectivity index (χ1n) is 11.1. The number of piperidine rings is 1. The van der Waals surface area contributed by atoms with Crippen molar-refractivity contribution in [2.45, 2.75) is 31.3 Å². The van der Waals surface area contributed by atoms with Crippen LogP contribution in [0.25, 0.3) is 27.8 Å². The quantitative estimate of drug-likeness (QED) is 0.531. The molecule has 1 aromatic carbocycles. The van der Waals surface area contributed by atoms with E-state index in [0.717, 1.165) is 67.7 Å². The van der Waals surface area contributed by atoms with Crippen molar-refractivity contribution in [2.75, 3.05) is 33.4 Å². The van der Waals surface area contributed by atoms with Gasteiger partial charge in [0.1, 0.15) is 6.33 Å². The van der Waals surface area contributed by atoms with Crippen LogP contribution in [0, 0.1) is 0 Å². The molecule has 4 aromatic rings. The standard InChI is InChI=1S/C23H26N6O3/c1-31-21-11-16(12-28-22(21)24-14-25-28)15-2-3-20-19(10-15)26-23(30)29(20)17-4-7-27(8-5-17)18-6-9-32-13-18/h2-3,10-12,14,17-18H,4-9,13H2,1H3,(H,26,30). The van der Waals surface area contributed by atoms with Crippen molar-refractivity contribution >= 4 is 16.7 Å². The minimum atomic E-state index is -0.0379. The van der Waals surface area contributed by atoms with Crippen molar-refractivity contribution in [3.63, 3.8) is 0 Å². The highest BCUT2D eigenvalue weighted by molar-refractivity contribution is 5.83. The Balaban J connectivity index is 1.31. The van der Waals surface area contributed by atoms with Crippen molar-refractivity contribution < 1.29 is 9.47 Å². The molecule has 0 spiro atoms. The number of fused-ring (bicyclic) bond motifs is 2. The fraction of sp³-hybridized carbons (Fsp3) is 0.435. The zero-order valence-electron chi connectivity index (χ0n) is 18.0. The lowest BCUT2D eigenvalue weighted by Gasteiger charge is -2.35. The average molecular weight is 435 g/mol. The van der Waals surface area contributed by atoms with Crippen LogP contribution in [0.3, 0.4) is 0 Å². The summed E-state index contributed by atoms with van der Waals surface area (Å²) in [5.74, 6) is 0.658. The van der Waals surface area contributed by atoms with Gasteiger partial charge in [0.15, 0.2) is 11.4 Å². The van der Waals surface area contributed by atoms with E-state index in [0.29, 0.717) is 17.4 Å². The Hall–Kier alpha value is -3.17. The van der Waals surface area contributed by atoms with Crippen LogP contribution in [-0.4, -0.2) is 68.5 Å². The smallest absolute Gasteiger partial charge is 0.326 e. The van der Waals surface area contributed by atoms with Gasteiger partial charge >= 0.3 is 5.69 Å². The van der Waals surface area contributed by atoms with E-state index >= 15 is 0 Å². The second-order valence-corrected chi connectivity index (χ2v) is 8.64. The zero-order valence-corrected chi connectivity index (χ0v) is 18.0. The minimum absolute atomic E-state index is 0.0379. The van der Waals surface area contributed by atoms with Crippen molar-refractivity contribution in [2.24, 2.45) is 0 Å². The molecular weight excluding hydrogens is 408 g/mol. The lowest BCUT2D eigenvalue weighted by molar-refractivity contribution is 0.112. The molecule has 5 heterocycles. The fourth-order valence-corrected chi connectivity index (χ4v) is 5.20. The third-order valence-corrected chi connectivity index (χ3v) is 6.90. The van der Waals surface area contributed by atoms with Crippen LogP contribution in [-0.2, 0) is 4.74 Å². The molecule has 9 heteroatoms. The molecule has 2 aliphatic rings. The number of benzene rings is 1. The average Bonchev–Trinajstić information content (AvgIpc) is 3.57. The van der Waals surface area contributed by atoms with Gasteiger partial charge in [-0.3, -0.25) is 9.47 Å². The molecular formula is C23H26N6O3. The van der Waals surface area contributed by atoms with E-state index < -0.39 is 0 Å².